The van der Waals surface area contributed by atoms with Gasteiger partial charge < -0.3 is 10.4 Å². The predicted molar refractivity (Wildman–Crippen MR) is 83.9 cm³/mol. The van der Waals surface area contributed by atoms with Crippen LogP contribution in [0.25, 0.3) is 11.1 Å². The van der Waals surface area contributed by atoms with Gasteiger partial charge in [0, 0.05) is 31.5 Å². The lowest BCUT2D eigenvalue weighted by Gasteiger charge is -2.09. The maximum absolute atomic E-state index is 9.12. The molecule has 112 valence electrons. The number of nitrogens with one attached hydrogen (secondary N) is 1. The molecule has 1 aromatic carbocycles. The van der Waals surface area contributed by atoms with Crippen LogP contribution in [-0.2, 0) is 20.2 Å². The molecule has 0 unspecified atom stereocenters. The van der Waals surface area contributed by atoms with E-state index in [0.29, 0.717) is 18.2 Å². The fraction of sp³-hybridized carbons (Fsp3) is 0.188. The molecule has 2 heterocycles. The van der Waals surface area contributed by atoms with Crippen molar-refractivity contribution in [2.45, 2.75) is 13.2 Å². The third kappa shape index (κ3) is 3.12. The van der Waals surface area contributed by atoms with Gasteiger partial charge in [0.2, 0.25) is 5.95 Å². The van der Waals surface area contributed by atoms with E-state index in [1.165, 1.54) is 0 Å². The van der Waals surface area contributed by atoms with Crippen molar-refractivity contribution in [1.29, 1.82) is 0 Å². The van der Waals surface area contributed by atoms with E-state index in [1.54, 1.807) is 16.9 Å². The Hall–Kier alpha value is -2.73. The summed E-state index contributed by atoms with van der Waals surface area (Å²) >= 11 is 0. The number of nitrogens with zero attached hydrogens (tertiary/aromatic N) is 4. The van der Waals surface area contributed by atoms with Crippen molar-refractivity contribution >= 4 is 5.95 Å². The maximum atomic E-state index is 9.12. The highest BCUT2D eigenvalue weighted by atomic mass is 16.3. The first-order chi connectivity index (χ1) is 10.8. The molecule has 3 aromatic rings. The molecule has 22 heavy (non-hydrogen) atoms. The SMILES string of the molecule is Cn1cc(-c2ccccc2CNc2nccc(CO)n2)cn1. The van der Waals surface area contributed by atoms with Gasteiger partial charge >= 0.3 is 0 Å². The molecule has 0 aliphatic carbocycles. The van der Waals surface area contributed by atoms with Crippen molar-refractivity contribution in [2.24, 2.45) is 7.05 Å². The summed E-state index contributed by atoms with van der Waals surface area (Å²) in [6.45, 7) is 0.503. The average molecular weight is 295 g/mol. The van der Waals surface area contributed by atoms with Crippen molar-refractivity contribution in [3.8, 4) is 11.1 Å². The summed E-state index contributed by atoms with van der Waals surface area (Å²) in [6, 6.07) is 9.83. The number of rotatable bonds is 5. The molecule has 0 amide bonds. The molecule has 2 N–H and O–H groups in total. The largest absolute Gasteiger partial charge is 0.390 e. The van der Waals surface area contributed by atoms with Crippen LogP contribution in [0.1, 0.15) is 11.3 Å². The lowest BCUT2D eigenvalue weighted by molar-refractivity contribution is 0.277. The third-order valence-corrected chi connectivity index (χ3v) is 3.35. The number of anilines is 1. The number of aliphatic hydroxyl groups excluding tert-OH is 1. The van der Waals surface area contributed by atoms with Crippen molar-refractivity contribution < 1.29 is 5.11 Å². The van der Waals surface area contributed by atoms with Gasteiger partial charge in [-0.05, 0) is 17.2 Å². The molecule has 0 radical (unpaired) electrons. The van der Waals surface area contributed by atoms with Crippen LogP contribution in [0.2, 0.25) is 0 Å². The second-order valence-electron chi connectivity index (χ2n) is 4.94. The Bertz CT molecular complexity index is 768. The third-order valence-electron chi connectivity index (χ3n) is 3.35. The molecule has 0 aliphatic heterocycles. The Kier molecular flexibility index (Phi) is 4.11. The summed E-state index contributed by atoms with van der Waals surface area (Å²) in [5.41, 5.74) is 3.93. The number of aliphatic hydroxyl groups is 1. The standard InChI is InChI=1S/C16H17N5O/c1-21-10-13(9-19-21)15-5-3-2-4-12(15)8-18-16-17-7-6-14(11-22)20-16/h2-7,9-10,22H,8,11H2,1H3,(H,17,18,20). The lowest BCUT2D eigenvalue weighted by atomic mass is 10.0. The maximum Gasteiger partial charge on any atom is 0.223 e. The average Bonchev–Trinajstić information content (AvgIpc) is 3.00. The van der Waals surface area contributed by atoms with E-state index in [1.807, 2.05) is 31.6 Å². The Morgan fingerprint density at radius 1 is 1.23 bits per heavy atom. The van der Waals surface area contributed by atoms with Gasteiger partial charge in [0.15, 0.2) is 0 Å². The Balaban J connectivity index is 1.81. The van der Waals surface area contributed by atoms with Crippen LogP contribution in [-0.4, -0.2) is 24.9 Å². The van der Waals surface area contributed by atoms with Crippen LogP contribution in [0.4, 0.5) is 5.95 Å². The van der Waals surface area contributed by atoms with Crippen molar-refractivity contribution in [1.82, 2.24) is 19.7 Å². The number of aromatic nitrogens is 4. The van der Waals surface area contributed by atoms with Crippen LogP contribution in [0.3, 0.4) is 0 Å². The number of hydrogen-bond donors (Lipinski definition) is 2. The van der Waals surface area contributed by atoms with Gasteiger partial charge in [-0.3, -0.25) is 4.68 Å². The van der Waals surface area contributed by atoms with Crippen LogP contribution in [0.15, 0.2) is 48.9 Å². The van der Waals surface area contributed by atoms with Gasteiger partial charge in [0.05, 0.1) is 18.5 Å². The van der Waals surface area contributed by atoms with Gasteiger partial charge in [-0.1, -0.05) is 24.3 Å². The Labute approximate surface area is 128 Å². The highest BCUT2D eigenvalue weighted by Gasteiger charge is 2.07. The molecule has 0 aliphatic rings. The quantitative estimate of drug-likeness (QED) is 0.753. The first-order valence-corrected chi connectivity index (χ1v) is 7.00. The molecule has 0 bridgehead atoms. The van der Waals surface area contributed by atoms with Crippen LogP contribution < -0.4 is 5.32 Å². The Morgan fingerprint density at radius 2 is 2.09 bits per heavy atom. The minimum absolute atomic E-state index is 0.0938. The molecular formula is C16H17N5O. The number of benzene rings is 1. The lowest BCUT2D eigenvalue weighted by Crippen LogP contribution is -2.05. The van der Waals surface area contributed by atoms with E-state index in [2.05, 4.69) is 32.5 Å². The van der Waals surface area contributed by atoms with Gasteiger partial charge in [-0.2, -0.15) is 5.10 Å². The van der Waals surface area contributed by atoms with E-state index in [4.69, 9.17) is 5.11 Å². The van der Waals surface area contributed by atoms with E-state index in [9.17, 15) is 0 Å². The minimum Gasteiger partial charge on any atom is -0.390 e. The van der Waals surface area contributed by atoms with Gasteiger partial charge in [-0.15, -0.1) is 0 Å². The van der Waals surface area contributed by atoms with Gasteiger partial charge in [-0.25, -0.2) is 9.97 Å². The van der Waals surface area contributed by atoms with E-state index < -0.39 is 0 Å². The molecule has 3 rings (SSSR count). The summed E-state index contributed by atoms with van der Waals surface area (Å²) in [6.07, 6.45) is 5.47. The zero-order valence-electron chi connectivity index (χ0n) is 12.3. The molecular weight excluding hydrogens is 278 g/mol. The van der Waals surface area contributed by atoms with Crippen LogP contribution >= 0.6 is 0 Å². The predicted octanol–water partition coefficient (Wildman–Crippen LogP) is 1.98. The van der Waals surface area contributed by atoms with Gasteiger partial charge in [0.1, 0.15) is 0 Å². The first kappa shape index (κ1) is 14.2. The molecule has 0 saturated carbocycles. The van der Waals surface area contributed by atoms with Crippen molar-refractivity contribution in [3.05, 3.63) is 60.2 Å². The van der Waals surface area contributed by atoms with E-state index in [-0.39, 0.29) is 6.61 Å². The number of aryl methyl sites for hydroxylation is 1. The zero-order chi connectivity index (χ0) is 15.4. The molecule has 6 nitrogen and oxygen atoms in total. The monoisotopic (exact) mass is 295 g/mol. The Morgan fingerprint density at radius 3 is 2.86 bits per heavy atom. The summed E-state index contributed by atoms with van der Waals surface area (Å²) < 4.78 is 1.79. The summed E-state index contributed by atoms with van der Waals surface area (Å²) in [7, 11) is 1.90. The smallest absolute Gasteiger partial charge is 0.223 e. The normalized spacial score (nSPS) is 10.6. The molecule has 0 fully saturated rings. The molecule has 6 heteroatoms. The second-order valence-corrected chi connectivity index (χ2v) is 4.94. The summed E-state index contributed by atoms with van der Waals surface area (Å²) in [5, 5.41) is 16.5. The summed E-state index contributed by atoms with van der Waals surface area (Å²) in [5.74, 6) is 0.507. The van der Waals surface area contributed by atoms with E-state index in [0.717, 1.165) is 16.7 Å². The highest BCUT2D eigenvalue weighted by Crippen LogP contribution is 2.23. The fourth-order valence-electron chi connectivity index (χ4n) is 2.26. The topological polar surface area (TPSA) is 75.9 Å². The molecule has 0 spiro atoms. The molecule has 0 saturated heterocycles. The summed E-state index contributed by atoms with van der Waals surface area (Å²) in [4.78, 5) is 8.38. The van der Waals surface area contributed by atoms with Crippen molar-refractivity contribution in [2.75, 3.05) is 5.32 Å². The zero-order valence-corrected chi connectivity index (χ0v) is 12.3. The number of hydrogen-bond acceptors (Lipinski definition) is 5. The van der Waals surface area contributed by atoms with Crippen LogP contribution in [0, 0.1) is 0 Å². The first-order valence-electron chi connectivity index (χ1n) is 7.00. The van der Waals surface area contributed by atoms with Gasteiger partial charge in [0.25, 0.3) is 0 Å². The molecule has 0 atom stereocenters. The second kappa shape index (κ2) is 6.36. The van der Waals surface area contributed by atoms with E-state index >= 15 is 0 Å². The molecule has 2 aromatic heterocycles. The van der Waals surface area contributed by atoms with Crippen LogP contribution in [0.5, 0.6) is 0 Å². The van der Waals surface area contributed by atoms with Crippen molar-refractivity contribution in [3.63, 3.8) is 0 Å². The fourth-order valence-corrected chi connectivity index (χ4v) is 2.26. The minimum atomic E-state index is -0.0938. The highest BCUT2D eigenvalue weighted by molar-refractivity contribution is 5.66.